The fraction of sp³-hybridized carbons (Fsp3) is 0.182. The molecule has 0 aliphatic carbocycles. The van der Waals surface area contributed by atoms with Crippen molar-refractivity contribution in [3.05, 3.63) is 82.4 Å². The zero-order valence-corrected chi connectivity index (χ0v) is 16.7. The number of nitrogens with one attached hydrogen (secondary N) is 1. The third-order valence-corrected chi connectivity index (χ3v) is 5.85. The average molecular weight is 415 g/mol. The number of halogens is 1. The summed E-state index contributed by atoms with van der Waals surface area (Å²) in [6.07, 6.45) is 3.27. The first-order valence-electron chi connectivity index (χ1n) is 9.95. The van der Waals surface area contributed by atoms with Crippen LogP contribution in [0, 0.1) is 5.82 Å². The van der Waals surface area contributed by atoms with Crippen molar-refractivity contribution in [2.24, 2.45) is 0 Å². The summed E-state index contributed by atoms with van der Waals surface area (Å²) in [5, 5.41) is 0. The number of H-pyrrole nitrogens is 1. The van der Waals surface area contributed by atoms with Gasteiger partial charge in [-0.2, -0.15) is 4.98 Å². The molecule has 154 valence electrons. The van der Waals surface area contributed by atoms with Gasteiger partial charge in [-0.25, -0.2) is 19.2 Å². The Bertz CT molecular complexity index is 1520. The molecule has 5 aromatic rings. The Kier molecular flexibility index (Phi) is 3.81. The second kappa shape index (κ2) is 6.58. The smallest absolute Gasteiger partial charge is 0.303 e. The molecular weight excluding hydrogens is 397 g/mol. The summed E-state index contributed by atoms with van der Waals surface area (Å²) in [5.41, 5.74) is 3.82. The van der Waals surface area contributed by atoms with Crippen molar-refractivity contribution in [2.45, 2.75) is 12.6 Å². The predicted octanol–water partition coefficient (Wildman–Crippen LogP) is 2.63. The Hall–Kier alpha value is -3.85. The standard InChI is InChI=1S/C22H18FN7O/c1-28-10-14-13(5-4-6-15(14)23)19(11-28)30-20-17(26-22(30)31)9-24-21(27-20)29-12-25-16-7-2-3-8-18(16)29/h2-9,12,19H,10-11H2,1H3,(H,26,31). The van der Waals surface area contributed by atoms with Crippen LogP contribution < -0.4 is 5.69 Å². The van der Waals surface area contributed by atoms with Gasteiger partial charge in [-0.1, -0.05) is 24.3 Å². The minimum atomic E-state index is -0.368. The summed E-state index contributed by atoms with van der Waals surface area (Å²) in [4.78, 5) is 31.4. The Morgan fingerprint density at radius 3 is 2.90 bits per heavy atom. The highest BCUT2D eigenvalue weighted by Crippen LogP contribution is 2.31. The van der Waals surface area contributed by atoms with Gasteiger partial charge < -0.3 is 4.98 Å². The van der Waals surface area contributed by atoms with Crippen molar-refractivity contribution in [2.75, 3.05) is 13.6 Å². The molecule has 0 saturated heterocycles. The first-order valence-corrected chi connectivity index (χ1v) is 9.95. The van der Waals surface area contributed by atoms with Gasteiger partial charge in [-0.15, -0.1) is 0 Å². The lowest BCUT2D eigenvalue weighted by molar-refractivity contribution is 0.259. The molecule has 0 bridgehead atoms. The Labute approximate surface area is 175 Å². The molecule has 6 rings (SSSR count). The Morgan fingerprint density at radius 2 is 2.00 bits per heavy atom. The van der Waals surface area contributed by atoms with Crippen molar-refractivity contribution in [3.63, 3.8) is 0 Å². The van der Waals surface area contributed by atoms with Crippen LogP contribution in [0.4, 0.5) is 4.39 Å². The molecule has 8 nitrogen and oxygen atoms in total. The molecule has 0 fully saturated rings. The van der Waals surface area contributed by atoms with Crippen LogP contribution in [-0.2, 0) is 6.54 Å². The van der Waals surface area contributed by atoms with Gasteiger partial charge in [0.15, 0.2) is 5.65 Å². The van der Waals surface area contributed by atoms with Crippen LogP contribution in [0.5, 0.6) is 0 Å². The first kappa shape index (κ1) is 18.0. The van der Waals surface area contributed by atoms with Crippen molar-refractivity contribution in [1.29, 1.82) is 0 Å². The highest BCUT2D eigenvalue weighted by molar-refractivity contribution is 5.77. The minimum Gasteiger partial charge on any atom is -0.303 e. The third-order valence-electron chi connectivity index (χ3n) is 5.85. The van der Waals surface area contributed by atoms with E-state index in [0.717, 1.165) is 16.6 Å². The topological polar surface area (TPSA) is 84.6 Å². The highest BCUT2D eigenvalue weighted by atomic mass is 19.1. The molecule has 0 amide bonds. The van der Waals surface area contributed by atoms with Crippen LogP contribution >= 0.6 is 0 Å². The van der Waals surface area contributed by atoms with E-state index in [2.05, 4.69) is 15.0 Å². The number of hydrogen-bond donors (Lipinski definition) is 1. The summed E-state index contributed by atoms with van der Waals surface area (Å²) in [6.45, 7) is 1.06. The maximum Gasteiger partial charge on any atom is 0.328 e. The maximum atomic E-state index is 14.5. The number of aromatic amines is 1. The van der Waals surface area contributed by atoms with Crippen LogP contribution in [-0.4, -0.2) is 47.6 Å². The van der Waals surface area contributed by atoms with E-state index in [4.69, 9.17) is 4.98 Å². The summed E-state index contributed by atoms with van der Waals surface area (Å²) >= 11 is 0. The van der Waals surface area contributed by atoms with Crippen molar-refractivity contribution in [1.82, 2.24) is 34.0 Å². The maximum absolute atomic E-state index is 14.5. The quantitative estimate of drug-likeness (QED) is 0.479. The minimum absolute atomic E-state index is 0.262. The van der Waals surface area contributed by atoms with Crippen molar-refractivity contribution < 1.29 is 4.39 Å². The van der Waals surface area contributed by atoms with E-state index < -0.39 is 0 Å². The number of nitrogens with zero attached hydrogens (tertiary/aromatic N) is 6. The molecule has 1 atom stereocenters. The molecule has 4 heterocycles. The number of aromatic nitrogens is 6. The molecule has 1 aliphatic heterocycles. The van der Waals surface area contributed by atoms with Gasteiger partial charge in [-0.05, 0) is 30.8 Å². The van der Waals surface area contributed by atoms with E-state index in [9.17, 15) is 9.18 Å². The van der Waals surface area contributed by atoms with Crippen molar-refractivity contribution in [3.8, 4) is 5.95 Å². The summed E-state index contributed by atoms with van der Waals surface area (Å²) < 4.78 is 17.9. The number of benzene rings is 2. The average Bonchev–Trinajstić information content (AvgIpc) is 3.34. The van der Waals surface area contributed by atoms with Crippen LogP contribution in [0.1, 0.15) is 17.2 Å². The normalized spacial score (nSPS) is 16.8. The van der Waals surface area contributed by atoms with Crippen LogP contribution in [0.25, 0.3) is 28.1 Å². The number of rotatable bonds is 2. The van der Waals surface area contributed by atoms with E-state index in [-0.39, 0.29) is 17.5 Å². The lowest BCUT2D eigenvalue weighted by atomic mass is 9.95. The first-order chi connectivity index (χ1) is 15.1. The largest absolute Gasteiger partial charge is 0.328 e. The van der Waals surface area contributed by atoms with Crippen molar-refractivity contribution >= 4 is 22.2 Å². The van der Waals surface area contributed by atoms with Crippen LogP contribution in [0.3, 0.4) is 0 Å². The summed E-state index contributed by atoms with van der Waals surface area (Å²) in [6, 6.07) is 12.4. The lowest BCUT2D eigenvalue weighted by Crippen LogP contribution is -2.37. The monoisotopic (exact) mass is 415 g/mol. The van der Waals surface area contributed by atoms with E-state index in [1.807, 2.05) is 42.3 Å². The third kappa shape index (κ3) is 2.70. The van der Waals surface area contributed by atoms with Gasteiger partial charge in [0, 0.05) is 18.7 Å². The van der Waals surface area contributed by atoms with Gasteiger partial charge >= 0.3 is 5.69 Å². The number of fused-ring (bicyclic) bond motifs is 3. The molecular formula is C22H18FN7O. The molecule has 1 unspecified atom stereocenters. The highest BCUT2D eigenvalue weighted by Gasteiger charge is 2.29. The van der Waals surface area contributed by atoms with Gasteiger partial charge in [0.25, 0.3) is 0 Å². The van der Waals surface area contributed by atoms with E-state index in [0.29, 0.717) is 35.8 Å². The predicted molar refractivity (Wildman–Crippen MR) is 114 cm³/mol. The Morgan fingerprint density at radius 1 is 1.13 bits per heavy atom. The van der Waals surface area contributed by atoms with Gasteiger partial charge in [0.1, 0.15) is 17.7 Å². The van der Waals surface area contributed by atoms with Gasteiger partial charge in [0.05, 0.1) is 23.3 Å². The number of para-hydroxylation sites is 2. The second-order valence-corrected chi connectivity index (χ2v) is 7.83. The summed E-state index contributed by atoms with van der Waals surface area (Å²) in [5.74, 6) is 0.153. The SMILES string of the molecule is CN1Cc2c(F)cccc2C(n2c(=O)[nH]c3cnc(-n4cnc5ccccc54)nc32)C1. The zero-order chi connectivity index (χ0) is 21.1. The lowest BCUT2D eigenvalue weighted by Gasteiger charge is -2.32. The molecule has 1 aliphatic rings. The molecule has 0 spiro atoms. The van der Waals surface area contributed by atoms with Crippen LogP contribution in [0.15, 0.2) is 59.8 Å². The molecule has 1 N–H and O–H groups in total. The van der Waals surface area contributed by atoms with Gasteiger partial charge in [-0.3, -0.25) is 14.0 Å². The number of imidazole rings is 2. The molecule has 0 radical (unpaired) electrons. The summed E-state index contributed by atoms with van der Waals surface area (Å²) in [7, 11) is 1.92. The van der Waals surface area contributed by atoms with E-state index >= 15 is 0 Å². The Balaban J connectivity index is 1.57. The van der Waals surface area contributed by atoms with Crippen LogP contribution in [0.2, 0.25) is 0 Å². The van der Waals surface area contributed by atoms with E-state index in [1.54, 1.807) is 27.7 Å². The molecule has 9 heteroatoms. The molecule has 31 heavy (non-hydrogen) atoms. The second-order valence-electron chi connectivity index (χ2n) is 7.83. The fourth-order valence-electron chi connectivity index (χ4n) is 4.43. The number of likely N-dealkylation sites (N-methyl/N-ethyl adjacent to an activating group) is 1. The zero-order valence-electron chi connectivity index (χ0n) is 16.7. The molecule has 2 aromatic carbocycles. The van der Waals surface area contributed by atoms with E-state index in [1.165, 1.54) is 6.07 Å². The fourth-order valence-corrected chi connectivity index (χ4v) is 4.43. The number of hydrogen-bond acceptors (Lipinski definition) is 5. The van der Waals surface area contributed by atoms with Gasteiger partial charge in [0.2, 0.25) is 5.95 Å². The molecule has 0 saturated carbocycles. The molecule has 3 aromatic heterocycles.